The van der Waals surface area contributed by atoms with Crippen molar-refractivity contribution in [1.29, 1.82) is 0 Å². The maximum Gasteiger partial charge on any atom is 0.0687 e. The molecule has 0 spiro atoms. The Hall–Kier alpha value is -0.790. The minimum absolute atomic E-state index is 0.628. The van der Waals surface area contributed by atoms with Gasteiger partial charge in [-0.05, 0) is 37.7 Å². The number of hydrogen-bond acceptors (Lipinski definition) is 1. The molecule has 0 radical (unpaired) electrons. The fourth-order valence-electron chi connectivity index (χ4n) is 2.39. The second-order valence-corrected chi connectivity index (χ2v) is 4.45. The molecule has 2 heteroatoms. The molecule has 2 rings (SSSR count). The maximum absolute atomic E-state index is 4.68. The summed E-state index contributed by atoms with van der Waals surface area (Å²) in [6, 6.07) is 0. The first kappa shape index (κ1) is 9.75. The maximum atomic E-state index is 4.68. The minimum atomic E-state index is 0.628. The first-order valence-corrected chi connectivity index (χ1v) is 5.78. The monoisotopic (exact) mass is 192 g/mol. The van der Waals surface area contributed by atoms with E-state index in [2.05, 4.69) is 30.7 Å². The molecule has 2 nitrogen and oxygen atoms in total. The highest BCUT2D eigenvalue weighted by atomic mass is 15.3. The molecule has 1 aliphatic rings. The fourth-order valence-corrected chi connectivity index (χ4v) is 2.39. The van der Waals surface area contributed by atoms with Gasteiger partial charge in [-0.1, -0.05) is 13.8 Å². The lowest BCUT2D eigenvalue weighted by Gasteiger charge is -2.14. The standard InChI is InChI=1S/C12H20N2/c1-4-9(2)12-10-7-5-6-8-11(10)14(3)13-12/h9H,4-8H2,1-3H3. The molecule has 1 aromatic heterocycles. The topological polar surface area (TPSA) is 17.8 Å². The van der Waals surface area contributed by atoms with E-state index in [1.54, 1.807) is 5.56 Å². The lowest BCUT2D eigenvalue weighted by atomic mass is 9.91. The number of rotatable bonds is 2. The zero-order valence-corrected chi connectivity index (χ0v) is 9.51. The molecule has 0 aromatic carbocycles. The van der Waals surface area contributed by atoms with Crippen molar-refractivity contribution < 1.29 is 0 Å². The van der Waals surface area contributed by atoms with E-state index in [9.17, 15) is 0 Å². The van der Waals surface area contributed by atoms with Gasteiger partial charge in [0.1, 0.15) is 0 Å². The van der Waals surface area contributed by atoms with Crippen molar-refractivity contribution in [1.82, 2.24) is 9.78 Å². The second-order valence-electron chi connectivity index (χ2n) is 4.45. The molecule has 1 atom stereocenters. The zero-order chi connectivity index (χ0) is 10.1. The third kappa shape index (κ3) is 1.47. The van der Waals surface area contributed by atoms with Crippen LogP contribution in [0.15, 0.2) is 0 Å². The number of aromatic nitrogens is 2. The van der Waals surface area contributed by atoms with Crippen molar-refractivity contribution in [2.45, 2.75) is 51.9 Å². The van der Waals surface area contributed by atoms with Crippen LogP contribution in [0, 0.1) is 0 Å². The third-order valence-electron chi connectivity index (χ3n) is 3.48. The molecule has 0 saturated carbocycles. The van der Waals surface area contributed by atoms with Crippen LogP contribution in [0.2, 0.25) is 0 Å². The van der Waals surface area contributed by atoms with Crippen LogP contribution in [0.3, 0.4) is 0 Å². The normalized spacial score (nSPS) is 17.9. The summed E-state index contributed by atoms with van der Waals surface area (Å²) in [4.78, 5) is 0. The molecular formula is C12H20N2. The first-order valence-electron chi connectivity index (χ1n) is 5.78. The molecule has 0 aliphatic heterocycles. The summed E-state index contributed by atoms with van der Waals surface area (Å²) in [5.41, 5.74) is 4.42. The van der Waals surface area contributed by atoms with Gasteiger partial charge in [-0.2, -0.15) is 5.10 Å². The molecule has 0 N–H and O–H groups in total. The number of aryl methyl sites for hydroxylation is 1. The van der Waals surface area contributed by atoms with Gasteiger partial charge in [0.05, 0.1) is 5.69 Å². The highest BCUT2D eigenvalue weighted by molar-refractivity contribution is 5.30. The molecule has 78 valence electrons. The molecule has 0 saturated heterocycles. The Morgan fingerprint density at radius 3 is 2.79 bits per heavy atom. The molecule has 0 bridgehead atoms. The van der Waals surface area contributed by atoms with E-state index in [0.717, 1.165) is 0 Å². The lowest BCUT2D eigenvalue weighted by molar-refractivity contribution is 0.625. The van der Waals surface area contributed by atoms with E-state index in [1.807, 2.05) is 0 Å². The van der Waals surface area contributed by atoms with E-state index in [-0.39, 0.29) is 0 Å². The zero-order valence-electron chi connectivity index (χ0n) is 9.51. The Balaban J connectivity index is 2.41. The van der Waals surface area contributed by atoms with Crippen molar-refractivity contribution >= 4 is 0 Å². The molecule has 0 amide bonds. The Kier molecular flexibility index (Phi) is 2.62. The van der Waals surface area contributed by atoms with Crippen molar-refractivity contribution in [2.75, 3.05) is 0 Å². The van der Waals surface area contributed by atoms with Gasteiger partial charge >= 0.3 is 0 Å². The van der Waals surface area contributed by atoms with Crippen LogP contribution in [0.25, 0.3) is 0 Å². The van der Waals surface area contributed by atoms with Crippen LogP contribution in [-0.4, -0.2) is 9.78 Å². The van der Waals surface area contributed by atoms with Crippen LogP contribution in [0.1, 0.15) is 56.0 Å². The molecular weight excluding hydrogens is 172 g/mol. The highest BCUT2D eigenvalue weighted by Gasteiger charge is 2.21. The number of hydrogen-bond donors (Lipinski definition) is 0. The summed E-state index contributed by atoms with van der Waals surface area (Å²) in [5.74, 6) is 0.628. The molecule has 1 aliphatic carbocycles. The van der Waals surface area contributed by atoms with E-state index < -0.39 is 0 Å². The van der Waals surface area contributed by atoms with Crippen LogP contribution in [0.5, 0.6) is 0 Å². The number of fused-ring (bicyclic) bond motifs is 1. The van der Waals surface area contributed by atoms with Crippen LogP contribution < -0.4 is 0 Å². The lowest BCUT2D eigenvalue weighted by Crippen LogP contribution is -2.06. The SMILES string of the molecule is CCC(C)c1nn(C)c2c1CCCC2. The smallest absolute Gasteiger partial charge is 0.0687 e. The Morgan fingerprint density at radius 1 is 1.36 bits per heavy atom. The van der Waals surface area contributed by atoms with Crippen molar-refractivity contribution in [2.24, 2.45) is 7.05 Å². The quantitative estimate of drug-likeness (QED) is 0.704. The Bertz CT molecular complexity index is 325. The largest absolute Gasteiger partial charge is 0.272 e. The van der Waals surface area contributed by atoms with Gasteiger partial charge in [0.2, 0.25) is 0 Å². The van der Waals surface area contributed by atoms with E-state index in [1.165, 1.54) is 43.5 Å². The summed E-state index contributed by atoms with van der Waals surface area (Å²) >= 11 is 0. The molecule has 0 fully saturated rings. The fraction of sp³-hybridized carbons (Fsp3) is 0.750. The van der Waals surface area contributed by atoms with Crippen LogP contribution in [-0.2, 0) is 19.9 Å². The summed E-state index contributed by atoms with van der Waals surface area (Å²) < 4.78 is 2.11. The first-order chi connectivity index (χ1) is 6.74. The van der Waals surface area contributed by atoms with Gasteiger partial charge in [-0.15, -0.1) is 0 Å². The van der Waals surface area contributed by atoms with Crippen molar-refractivity contribution in [3.63, 3.8) is 0 Å². The van der Waals surface area contributed by atoms with Gasteiger partial charge in [0.25, 0.3) is 0 Å². The summed E-state index contributed by atoms with van der Waals surface area (Å²) in [5, 5.41) is 4.68. The molecule has 1 heterocycles. The average Bonchev–Trinajstić information content (AvgIpc) is 2.56. The predicted molar refractivity (Wildman–Crippen MR) is 58.6 cm³/mol. The van der Waals surface area contributed by atoms with Crippen molar-refractivity contribution in [3.8, 4) is 0 Å². The predicted octanol–water partition coefficient (Wildman–Crippen LogP) is 2.81. The van der Waals surface area contributed by atoms with Crippen LogP contribution >= 0.6 is 0 Å². The van der Waals surface area contributed by atoms with Gasteiger partial charge < -0.3 is 0 Å². The van der Waals surface area contributed by atoms with E-state index >= 15 is 0 Å². The minimum Gasteiger partial charge on any atom is -0.272 e. The highest BCUT2D eigenvalue weighted by Crippen LogP contribution is 2.29. The van der Waals surface area contributed by atoms with Gasteiger partial charge in [-0.3, -0.25) is 4.68 Å². The second kappa shape index (κ2) is 3.76. The Labute approximate surface area is 86.3 Å². The van der Waals surface area contributed by atoms with E-state index in [4.69, 9.17) is 0 Å². The molecule has 14 heavy (non-hydrogen) atoms. The van der Waals surface area contributed by atoms with Gasteiger partial charge in [0.15, 0.2) is 0 Å². The number of nitrogens with zero attached hydrogens (tertiary/aromatic N) is 2. The van der Waals surface area contributed by atoms with E-state index in [0.29, 0.717) is 5.92 Å². The molecule has 1 aromatic rings. The molecule has 1 unspecified atom stereocenters. The Morgan fingerprint density at radius 2 is 2.07 bits per heavy atom. The summed E-state index contributed by atoms with van der Waals surface area (Å²) in [6.07, 6.45) is 6.37. The summed E-state index contributed by atoms with van der Waals surface area (Å²) in [6.45, 7) is 4.53. The average molecular weight is 192 g/mol. The van der Waals surface area contributed by atoms with Crippen LogP contribution in [0.4, 0.5) is 0 Å². The van der Waals surface area contributed by atoms with Gasteiger partial charge in [0, 0.05) is 18.7 Å². The summed E-state index contributed by atoms with van der Waals surface area (Å²) in [7, 11) is 2.09. The third-order valence-corrected chi connectivity index (χ3v) is 3.48. The van der Waals surface area contributed by atoms with Gasteiger partial charge in [-0.25, -0.2) is 0 Å². The van der Waals surface area contributed by atoms with Crippen molar-refractivity contribution in [3.05, 3.63) is 17.0 Å².